The van der Waals surface area contributed by atoms with E-state index in [4.69, 9.17) is 4.74 Å². The lowest BCUT2D eigenvalue weighted by Gasteiger charge is -2.15. The van der Waals surface area contributed by atoms with Crippen molar-refractivity contribution in [2.75, 3.05) is 30.8 Å². The van der Waals surface area contributed by atoms with Gasteiger partial charge >= 0.3 is 5.69 Å². The smallest absolute Gasteiger partial charge is 0.353 e. The lowest BCUT2D eigenvalue weighted by Crippen LogP contribution is -2.21. The Kier molecular flexibility index (Phi) is 4.10. The third kappa shape index (κ3) is 2.90. The second-order valence-corrected chi connectivity index (χ2v) is 4.43. The highest BCUT2D eigenvalue weighted by molar-refractivity contribution is 5.68. The lowest BCUT2D eigenvalue weighted by atomic mass is 10.0. The van der Waals surface area contributed by atoms with Crippen molar-refractivity contribution >= 4 is 17.3 Å². The van der Waals surface area contributed by atoms with Crippen LogP contribution in [0.15, 0.2) is 6.33 Å². The van der Waals surface area contributed by atoms with Crippen LogP contribution in [0.1, 0.15) is 13.3 Å². The van der Waals surface area contributed by atoms with Gasteiger partial charge in [0.1, 0.15) is 6.33 Å². The first-order valence-corrected chi connectivity index (χ1v) is 6.16. The van der Waals surface area contributed by atoms with Crippen LogP contribution in [0.5, 0.6) is 0 Å². The van der Waals surface area contributed by atoms with Crippen LogP contribution in [0.25, 0.3) is 0 Å². The fraction of sp³-hybridized carbons (Fsp3) is 0.636. The Labute approximate surface area is 110 Å². The molecule has 0 bridgehead atoms. The largest absolute Gasteiger partial charge is 0.378 e. The van der Waals surface area contributed by atoms with Crippen molar-refractivity contribution in [1.29, 1.82) is 0 Å². The first-order valence-electron chi connectivity index (χ1n) is 6.16. The van der Waals surface area contributed by atoms with E-state index in [2.05, 4.69) is 20.6 Å². The molecule has 0 saturated carbocycles. The minimum atomic E-state index is -0.483. The summed E-state index contributed by atoms with van der Waals surface area (Å²) in [5.74, 6) is 0.786. The molecule has 0 aliphatic carbocycles. The predicted molar refractivity (Wildman–Crippen MR) is 70.2 cm³/mol. The highest BCUT2D eigenvalue weighted by Crippen LogP contribution is 2.29. The van der Waals surface area contributed by atoms with E-state index in [0.717, 1.165) is 13.0 Å². The van der Waals surface area contributed by atoms with Gasteiger partial charge in [-0.1, -0.05) is 0 Å². The molecule has 1 saturated heterocycles. The molecule has 2 unspecified atom stereocenters. The van der Waals surface area contributed by atoms with Crippen LogP contribution in [0.3, 0.4) is 0 Å². The molecule has 2 heterocycles. The Bertz CT molecular complexity index is 468. The Morgan fingerprint density at radius 2 is 2.26 bits per heavy atom. The van der Waals surface area contributed by atoms with Gasteiger partial charge < -0.3 is 15.4 Å². The van der Waals surface area contributed by atoms with Gasteiger partial charge in [-0.15, -0.1) is 0 Å². The zero-order chi connectivity index (χ0) is 13.8. The molecule has 0 spiro atoms. The van der Waals surface area contributed by atoms with E-state index in [1.165, 1.54) is 6.33 Å². The van der Waals surface area contributed by atoms with Gasteiger partial charge in [0, 0.05) is 26.1 Å². The van der Waals surface area contributed by atoms with Crippen molar-refractivity contribution < 1.29 is 9.66 Å². The summed E-state index contributed by atoms with van der Waals surface area (Å²) in [5.41, 5.74) is -0.128. The van der Waals surface area contributed by atoms with Crippen LogP contribution in [-0.4, -0.2) is 41.2 Å². The van der Waals surface area contributed by atoms with Gasteiger partial charge in [-0.25, -0.2) is 9.97 Å². The Morgan fingerprint density at radius 3 is 2.84 bits per heavy atom. The first-order chi connectivity index (χ1) is 9.13. The monoisotopic (exact) mass is 267 g/mol. The maximum absolute atomic E-state index is 11.1. The summed E-state index contributed by atoms with van der Waals surface area (Å²) in [7, 11) is 1.59. The lowest BCUT2D eigenvalue weighted by molar-refractivity contribution is -0.383. The fourth-order valence-electron chi connectivity index (χ4n) is 2.14. The number of anilines is 2. The summed E-state index contributed by atoms with van der Waals surface area (Å²) in [6, 6.07) is 0. The highest BCUT2D eigenvalue weighted by Gasteiger charge is 2.26. The molecular weight excluding hydrogens is 250 g/mol. The number of hydrogen-bond donors (Lipinski definition) is 2. The second-order valence-electron chi connectivity index (χ2n) is 4.43. The molecule has 1 aliphatic heterocycles. The van der Waals surface area contributed by atoms with E-state index in [0.29, 0.717) is 12.5 Å². The molecule has 2 rings (SSSR count). The quantitative estimate of drug-likeness (QED) is 0.611. The van der Waals surface area contributed by atoms with Crippen LogP contribution in [0.2, 0.25) is 0 Å². The summed E-state index contributed by atoms with van der Waals surface area (Å²) in [6.07, 6.45) is 2.42. The molecule has 8 nitrogen and oxygen atoms in total. The zero-order valence-corrected chi connectivity index (χ0v) is 10.9. The summed E-state index contributed by atoms with van der Waals surface area (Å²) < 4.78 is 5.46. The number of hydrogen-bond acceptors (Lipinski definition) is 7. The van der Waals surface area contributed by atoms with Crippen molar-refractivity contribution in [2.24, 2.45) is 5.92 Å². The van der Waals surface area contributed by atoms with E-state index in [-0.39, 0.29) is 23.4 Å². The first kappa shape index (κ1) is 13.5. The summed E-state index contributed by atoms with van der Waals surface area (Å²) in [4.78, 5) is 18.4. The molecule has 2 N–H and O–H groups in total. The van der Waals surface area contributed by atoms with E-state index < -0.39 is 4.92 Å². The third-order valence-corrected chi connectivity index (χ3v) is 3.31. The van der Waals surface area contributed by atoms with Gasteiger partial charge in [-0.3, -0.25) is 10.1 Å². The minimum absolute atomic E-state index is 0.128. The van der Waals surface area contributed by atoms with Gasteiger partial charge in [0.2, 0.25) is 11.6 Å². The maximum atomic E-state index is 11.1. The standard InChI is InChI=1S/C11H17N5O3/c1-7-8(3-4-19-7)5-13-11-9(16(17)18)10(12-2)14-6-15-11/h6-8H,3-5H2,1-2H3,(H2,12,13,14,15). The molecule has 0 aromatic carbocycles. The molecular formula is C11H17N5O3. The fourth-order valence-corrected chi connectivity index (χ4v) is 2.14. The van der Waals surface area contributed by atoms with Crippen LogP contribution >= 0.6 is 0 Å². The Morgan fingerprint density at radius 1 is 1.53 bits per heavy atom. The van der Waals surface area contributed by atoms with Crippen molar-refractivity contribution in [3.63, 3.8) is 0 Å². The zero-order valence-electron chi connectivity index (χ0n) is 10.9. The van der Waals surface area contributed by atoms with Crippen molar-refractivity contribution in [1.82, 2.24) is 9.97 Å². The van der Waals surface area contributed by atoms with Gasteiger partial charge in [-0.05, 0) is 13.3 Å². The van der Waals surface area contributed by atoms with Gasteiger partial charge in [0.05, 0.1) is 11.0 Å². The average molecular weight is 267 g/mol. The molecule has 1 aliphatic rings. The average Bonchev–Trinajstić information content (AvgIpc) is 2.81. The number of nitrogens with one attached hydrogen (secondary N) is 2. The van der Waals surface area contributed by atoms with Crippen LogP contribution < -0.4 is 10.6 Å². The van der Waals surface area contributed by atoms with Gasteiger partial charge in [-0.2, -0.15) is 0 Å². The third-order valence-electron chi connectivity index (χ3n) is 3.31. The molecule has 8 heteroatoms. The molecule has 0 amide bonds. The number of ether oxygens (including phenoxy) is 1. The van der Waals surface area contributed by atoms with Crippen LogP contribution in [-0.2, 0) is 4.74 Å². The second kappa shape index (κ2) is 5.79. The number of nitro groups is 1. The molecule has 0 radical (unpaired) electrons. The van der Waals surface area contributed by atoms with E-state index in [1.54, 1.807) is 7.05 Å². The molecule has 1 aromatic heterocycles. The van der Waals surface area contributed by atoms with Crippen molar-refractivity contribution in [2.45, 2.75) is 19.4 Å². The Balaban J connectivity index is 2.13. The summed E-state index contributed by atoms with van der Waals surface area (Å²) >= 11 is 0. The summed E-state index contributed by atoms with van der Waals surface area (Å²) in [5, 5.41) is 16.8. The number of aromatic nitrogens is 2. The minimum Gasteiger partial charge on any atom is -0.378 e. The predicted octanol–water partition coefficient (Wildman–Crippen LogP) is 1.26. The van der Waals surface area contributed by atoms with Crippen LogP contribution in [0, 0.1) is 16.0 Å². The highest BCUT2D eigenvalue weighted by atomic mass is 16.6. The maximum Gasteiger partial charge on any atom is 0.353 e. The Hall–Kier alpha value is -1.96. The normalized spacial score (nSPS) is 22.2. The van der Waals surface area contributed by atoms with E-state index in [9.17, 15) is 10.1 Å². The van der Waals surface area contributed by atoms with Crippen molar-refractivity contribution in [3.05, 3.63) is 16.4 Å². The van der Waals surface area contributed by atoms with E-state index >= 15 is 0 Å². The molecule has 1 fully saturated rings. The molecule has 19 heavy (non-hydrogen) atoms. The molecule has 104 valence electrons. The molecule has 1 aromatic rings. The van der Waals surface area contributed by atoms with E-state index in [1.807, 2.05) is 6.92 Å². The van der Waals surface area contributed by atoms with Gasteiger partial charge in [0.25, 0.3) is 0 Å². The van der Waals surface area contributed by atoms with Crippen molar-refractivity contribution in [3.8, 4) is 0 Å². The topological polar surface area (TPSA) is 102 Å². The number of nitrogens with zero attached hydrogens (tertiary/aromatic N) is 3. The molecule has 2 atom stereocenters. The summed E-state index contributed by atoms with van der Waals surface area (Å²) in [6.45, 7) is 3.34. The van der Waals surface area contributed by atoms with Gasteiger partial charge in [0.15, 0.2) is 0 Å². The number of rotatable bonds is 5. The SMILES string of the molecule is CNc1ncnc(NCC2CCOC2C)c1[N+](=O)[O-]. The van der Waals surface area contributed by atoms with Crippen LogP contribution in [0.4, 0.5) is 17.3 Å².